The summed E-state index contributed by atoms with van der Waals surface area (Å²) in [6.07, 6.45) is -5.28. The number of pyridine rings is 1. The number of anilines is 1. The van der Waals surface area contributed by atoms with Gasteiger partial charge in [0, 0.05) is 43.2 Å². The Hall–Kier alpha value is -4.94. The summed E-state index contributed by atoms with van der Waals surface area (Å²) in [7, 11) is 0. The lowest BCUT2D eigenvalue weighted by Gasteiger charge is -2.34. The minimum absolute atomic E-state index is 0.147. The second kappa shape index (κ2) is 12.1. The van der Waals surface area contributed by atoms with E-state index in [-0.39, 0.29) is 23.2 Å². The van der Waals surface area contributed by atoms with Crippen LogP contribution in [0.3, 0.4) is 0 Å². The molecule has 10 nitrogen and oxygen atoms in total. The summed E-state index contributed by atoms with van der Waals surface area (Å²) in [6, 6.07) is 16.2. The maximum atomic E-state index is 13.9. The van der Waals surface area contributed by atoms with Crippen molar-refractivity contribution < 1.29 is 27.5 Å². The van der Waals surface area contributed by atoms with E-state index in [1.165, 1.54) is 47.0 Å². The number of piperazine rings is 1. The largest absolute Gasteiger partial charge is 0.487 e. The van der Waals surface area contributed by atoms with Crippen LogP contribution in [0.1, 0.15) is 28.5 Å². The first-order valence-electron chi connectivity index (χ1n) is 13.7. The van der Waals surface area contributed by atoms with Gasteiger partial charge in [-0.3, -0.25) is 14.2 Å². The van der Waals surface area contributed by atoms with Crippen molar-refractivity contribution in [2.45, 2.75) is 26.7 Å². The van der Waals surface area contributed by atoms with Crippen LogP contribution in [0.25, 0.3) is 16.7 Å². The molecule has 0 bridgehead atoms. The normalized spacial score (nSPS) is 13.7. The van der Waals surface area contributed by atoms with E-state index in [9.17, 15) is 27.6 Å². The maximum Gasteiger partial charge on any atom is 0.487 e. The zero-order chi connectivity index (χ0) is 30.7. The van der Waals surface area contributed by atoms with Crippen LogP contribution in [-0.4, -0.2) is 75.4 Å². The Labute approximate surface area is 244 Å². The molecule has 0 saturated carbocycles. The fourth-order valence-corrected chi connectivity index (χ4v) is 4.90. The zero-order valence-corrected chi connectivity index (χ0v) is 23.5. The zero-order valence-electron chi connectivity index (χ0n) is 23.5. The summed E-state index contributed by atoms with van der Waals surface area (Å²) in [5.74, 6) is -0.836. The molecule has 2 amide bonds. The van der Waals surface area contributed by atoms with Gasteiger partial charge in [-0.15, -0.1) is 13.2 Å². The minimum Gasteiger partial charge on any atom is -0.450 e. The van der Waals surface area contributed by atoms with Crippen molar-refractivity contribution in [3.63, 3.8) is 0 Å². The van der Waals surface area contributed by atoms with E-state index in [1.54, 1.807) is 43.0 Å². The summed E-state index contributed by atoms with van der Waals surface area (Å²) < 4.78 is 48.0. The molecular weight excluding hydrogens is 565 g/mol. The molecule has 0 spiro atoms. The van der Waals surface area contributed by atoms with Gasteiger partial charge in [0.15, 0.2) is 5.65 Å². The van der Waals surface area contributed by atoms with E-state index in [0.717, 1.165) is 0 Å². The van der Waals surface area contributed by atoms with Gasteiger partial charge in [-0.2, -0.15) is 4.98 Å². The number of hydrogen-bond acceptors (Lipinski definition) is 7. The van der Waals surface area contributed by atoms with Gasteiger partial charge in [-0.1, -0.05) is 30.3 Å². The Bertz CT molecular complexity index is 1680. The van der Waals surface area contributed by atoms with Crippen molar-refractivity contribution in [3.8, 4) is 5.69 Å². The molecule has 0 unspecified atom stereocenters. The molecule has 0 aliphatic carbocycles. The molecule has 1 saturated heterocycles. The lowest BCUT2D eigenvalue weighted by Crippen LogP contribution is -2.49. The number of ether oxygens (including phenoxy) is 1. The molecule has 3 heterocycles. The minimum atomic E-state index is -4.90. The Balaban J connectivity index is 1.44. The van der Waals surface area contributed by atoms with Crippen LogP contribution in [0.5, 0.6) is 0 Å². The first-order chi connectivity index (χ1) is 20.6. The molecule has 0 atom stereocenters. The number of halogens is 3. The Morgan fingerprint density at radius 2 is 1.60 bits per heavy atom. The highest BCUT2D eigenvalue weighted by Gasteiger charge is 2.41. The van der Waals surface area contributed by atoms with Gasteiger partial charge in [0.05, 0.1) is 24.5 Å². The highest BCUT2D eigenvalue weighted by Crippen LogP contribution is 2.27. The topological polar surface area (TPSA) is 101 Å². The highest BCUT2D eigenvalue weighted by molar-refractivity contribution is 5.94. The van der Waals surface area contributed by atoms with Crippen LogP contribution in [-0.2, 0) is 11.3 Å². The number of carbonyl (C=O) groups excluding carboxylic acids is 2. The van der Waals surface area contributed by atoms with Crippen molar-refractivity contribution in [1.82, 2.24) is 24.3 Å². The average Bonchev–Trinajstić information content (AvgIpc) is 2.99. The van der Waals surface area contributed by atoms with Crippen LogP contribution in [0.2, 0.25) is 0 Å². The number of hydrogen-bond donors (Lipinski definition) is 0. The molecule has 5 rings (SSSR count). The molecule has 0 N–H and O–H groups in total. The summed E-state index contributed by atoms with van der Waals surface area (Å²) in [4.78, 5) is 50.8. The van der Waals surface area contributed by atoms with Crippen LogP contribution in [0, 0.1) is 6.92 Å². The number of rotatable bonds is 6. The van der Waals surface area contributed by atoms with E-state index >= 15 is 0 Å². The standard InChI is InChI=1S/C30H29F3N6O4/c1-3-43-29(42)37-17-15-36(16-18-37)28-34-20(2)24-13-14-25(40)39(26(24)35-28)23-11-9-22(10-12-23)27(41)38(30(31,32)33)19-21-7-5-4-6-8-21/h4-14H,3,15-19H2,1-2H3. The number of carbonyl (C=O) groups is 2. The summed E-state index contributed by atoms with van der Waals surface area (Å²) in [5, 5.41) is 0.611. The van der Waals surface area contributed by atoms with Crippen molar-refractivity contribution in [3.05, 3.63) is 93.9 Å². The predicted octanol–water partition coefficient (Wildman–Crippen LogP) is 4.53. The first-order valence-corrected chi connectivity index (χ1v) is 13.7. The monoisotopic (exact) mass is 594 g/mol. The Kier molecular flexibility index (Phi) is 8.33. The molecule has 4 aromatic rings. The maximum absolute atomic E-state index is 13.9. The first kappa shape index (κ1) is 29.5. The summed E-state index contributed by atoms with van der Waals surface area (Å²) in [5.41, 5.74) is 0.989. The number of aryl methyl sites for hydroxylation is 1. The van der Waals surface area contributed by atoms with Crippen LogP contribution in [0.4, 0.5) is 23.9 Å². The second-order valence-electron chi connectivity index (χ2n) is 9.92. The van der Waals surface area contributed by atoms with Gasteiger partial charge < -0.3 is 14.5 Å². The van der Waals surface area contributed by atoms with Crippen molar-refractivity contribution in [1.29, 1.82) is 0 Å². The van der Waals surface area contributed by atoms with Gasteiger partial charge in [0.1, 0.15) is 0 Å². The lowest BCUT2D eigenvalue weighted by atomic mass is 10.1. The third kappa shape index (κ3) is 6.30. The summed E-state index contributed by atoms with van der Waals surface area (Å²) >= 11 is 0. The van der Waals surface area contributed by atoms with Gasteiger partial charge >= 0.3 is 12.4 Å². The van der Waals surface area contributed by atoms with Gasteiger partial charge in [-0.25, -0.2) is 14.7 Å². The predicted molar refractivity (Wildman–Crippen MR) is 153 cm³/mol. The number of amides is 2. The molecule has 13 heteroatoms. The Morgan fingerprint density at radius 1 is 0.930 bits per heavy atom. The SMILES string of the molecule is CCOC(=O)N1CCN(c2nc(C)c3ccc(=O)n(-c4ccc(C(=O)N(Cc5ccccc5)C(F)(F)F)cc4)c3n2)CC1. The van der Waals surface area contributed by atoms with E-state index < -0.39 is 24.3 Å². The van der Waals surface area contributed by atoms with Crippen LogP contribution < -0.4 is 10.5 Å². The number of fused-ring (bicyclic) bond motifs is 1. The summed E-state index contributed by atoms with van der Waals surface area (Å²) in [6.45, 7) is 4.91. The van der Waals surface area contributed by atoms with E-state index in [4.69, 9.17) is 4.74 Å². The highest BCUT2D eigenvalue weighted by atomic mass is 19.4. The lowest BCUT2D eigenvalue weighted by molar-refractivity contribution is -0.227. The molecule has 2 aromatic carbocycles. The van der Waals surface area contributed by atoms with Gasteiger partial charge in [-0.05, 0) is 49.7 Å². The van der Waals surface area contributed by atoms with E-state index in [1.807, 2.05) is 4.90 Å². The van der Waals surface area contributed by atoms with Gasteiger partial charge in [0.25, 0.3) is 11.5 Å². The quantitative estimate of drug-likeness (QED) is 0.303. The molecule has 1 aliphatic rings. The fourth-order valence-electron chi connectivity index (χ4n) is 4.90. The smallest absolute Gasteiger partial charge is 0.450 e. The molecular formula is C30H29F3N6O4. The van der Waals surface area contributed by atoms with Crippen LogP contribution in [0.15, 0.2) is 71.5 Å². The molecule has 43 heavy (non-hydrogen) atoms. The third-order valence-electron chi connectivity index (χ3n) is 7.12. The second-order valence-corrected chi connectivity index (χ2v) is 9.92. The van der Waals surface area contributed by atoms with E-state index in [2.05, 4.69) is 9.97 Å². The molecule has 224 valence electrons. The van der Waals surface area contributed by atoms with E-state index in [0.29, 0.717) is 60.1 Å². The molecule has 1 aliphatic heterocycles. The Morgan fingerprint density at radius 3 is 2.23 bits per heavy atom. The average molecular weight is 595 g/mol. The van der Waals surface area contributed by atoms with Crippen molar-refractivity contribution >= 4 is 29.0 Å². The number of aromatic nitrogens is 3. The van der Waals surface area contributed by atoms with Gasteiger partial charge in [0.2, 0.25) is 5.95 Å². The number of benzene rings is 2. The van der Waals surface area contributed by atoms with Crippen molar-refractivity contribution in [2.24, 2.45) is 0 Å². The van der Waals surface area contributed by atoms with Crippen molar-refractivity contribution in [2.75, 3.05) is 37.7 Å². The number of nitrogens with zero attached hydrogens (tertiary/aromatic N) is 6. The van der Waals surface area contributed by atoms with Crippen LogP contribution >= 0.6 is 0 Å². The molecule has 1 fully saturated rings. The third-order valence-corrected chi connectivity index (χ3v) is 7.12. The molecule has 2 aromatic heterocycles. The number of alkyl halides is 3. The fraction of sp³-hybridized carbons (Fsp3) is 0.300. The molecule has 0 radical (unpaired) electrons.